The fourth-order valence-electron chi connectivity index (χ4n) is 1.80. The van der Waals surface area contributed by atoms with Crippen LogP contribution in [-0.4, -0.2) is 10.2 Å². The molecule has 1 aliphatic heterocycles. The van der Waals surface area contributed by atoms with Gasteiger partial charge in [-0.15, -0.1) is 0 Å². The summed E-state index contributed by atoms with van der Waals surface area (Å²) in [5, 5.41) is 0. The Morgan fingerprint density at radius 1 is 1.20 bits per heavy atom. The van der Waals surface area contributed by atoms with E-state index in [0.29, 0.717) is 15.0 Å². The Labute approximate surface area is 139 Å². The molecule has 1 fully saturated rings. The highest BCUT2D eigenvalue weighted by Gasteiger charge is 2.33. The molecular formula is C14H8INO2S2. The van der Waals surface area contributed by atoms with E-state index >= 15 is 0 Å². The largest absolute Gasteiger partial charge is 0.451 e. The van der Waals surface area contributed by atoms with Crippen molar-refractivity contribution in [1.82, 2.24) is 0 Å². The van der Waals surface area contributed by atoms with E-state index in [-0.39, 0.29) is 5.91 Å². The number of benzene rings is 1. The minimum absolute atomic E-state index is 0.113. The Morgan fingerprint density at radius 2 is 1.95 bits per heavy atom. The summed E-state index contributed by atoms with van der Waals surface area (Å²) < 4.78 is 6.77. The summed E-state index contributed by atoms with van der Waals surface area (Å²) in [4.78, 5) is 14.5. The second-order valence-corrected chi connectivity index (χ2v) is 6.73. The maximum Gasteiger partial charge on any atom is 0.270 e. The van der Waals surface area contributed by atoms with Crippen molar-refractivity contribution in [3.05, 3.63) is 56.9 Å². The van der Waals surface area contributed by atoms with Gasteiger partial charge in [0, 0.05) is 6.08 Å². The normalized spacial score (nSPS) is 17.2. The van der Waals surface area contributed by atoms with Crippen LogP contribution in [0.25, 0.3) is 6.08 Å². The molecule has 0 radical (unpaired) electrons. The van der Waals surface area contributed by atoms with Gasteiger partial charge in [-0.25, -0.2) is 0 Å². The number of hydrogen-bond acceptors (Lipinski definition) is 4. The number of para-hydroxylation sites is 1. The summed E-state index contributed by atoms with van der Waals surface area (Å²) in [6.07, 6.45) is 1.73. The molecule has 1 aliphatic rings. The van der Waals surface area contributed by atoms with Crippen molar-refractivity contribution in [3.63, 3.8) is 0 Å². The Balaban J connectivity index is 1.93. The maximum absolute atomic E-state index is 12.4. The van der Waals surface area contributed by atoms with Crippen molar-refractivity contribution < 1.29 is 9.21 Å². The Bertz CT molecular complexity index is 709. The number of furan rings is 1. The number of thioether (sulfide) groups is 1. The third kappa shape index (κ3) is 2.68. The van der Waals surface area contributed by atoms with Crippen LogP contribution in [0.5, 0.6) is 0 Å². The van der Waals surface area contributed by atoms with Crippen LogP contribution in [0.1, 0.15) is 5.76 Å². The van der Waals surface area contributed by atoms with Crippen molar-refractivity contribution in [3.8, 4) is 0 Å². The van der Waals surface area contributed by atoms with Crippen molar-refractivity contribution >= 4 is 68.6 Å². The first kappa shape index (κ1) is 13.8. The minimum atomic E-state index is -0.113. The standard InChI is InChI=1S/C14H8INO2S2/c15-12-7-6-10(18-12)8-11-13(17)16(14(19)20-11)9-4-2-1-3-5-9/h1-8H/b11-8-. The molecule has 100 valence electrons. The topological polar surface area (TPSA) is 33.5 Å². The van der Waals surface area contributed by atoms with Gasteiger partial charge in [0.1, 0.15) is 5.76 Å². The Morgan fingerprint density at radius 3 is 2.60 bits per heavy atom. The molecule has 3 rings (SSSR count). The van der Waals surface area contributed by atoms with Gasteiger partial charge < -0.3 is 4.42 Å². The molecule has 0 N–H and O–H groups in total. The van der Waals surface area contributed by atoms with Crippen LogP contribution in [0.2, 0.25) is 0 Å². The molecule has 1 saturated heterocycles. The van der Waals surface area contributed by atoms with Gasteiger partial charge in [0.05, 0.1) is 10.6 Å². The van der Waals surface area contributed by atoms with Crippen LogP contribution < -0.4 is 4.90 Å². The predicted octanol–water partition coefficient (Wildman–Crippen LogP) is 4.29. The highest BCUT2D eigenvalue weighted by molar-refractivity contribution is 14.1. The number of thiocarbonyl (C=S) groups is 1. The molecule has 2 aromatic rings. The van der Waals surface area contributed by atoms with Gasteiger partial charge in [-0.1, -0.05) is 42.2 Å². The predicted molar refractivity (Wildman–Crippen MR) is 93.5 cm³/mol. The summed E-state index contributed by atoms with van der Waals surface area (Å²) in [7, 11) is 0. The van der Waals surface area contributed by atoms with Crippen molar-refractivity contribution in [1.29, 1.82) is 0 Å². The average Bonchev–Trinajstić information content (AvgIpc) is 2.96. The minimum Gasteiger partial charge on any atom is -0.451 e. The number of nitrogens with zero attached hydrogens (tertiary/aromatic N) is 1. The smallest absolute Gasteiger partial charge is 0.270 e. The average molecular weight is 413 g/mol. The second kappa shape index (κ2) is 5.71. The number of carbonyl (C=O) groups is 1. The number of anilines is 1. The zero-order chi connectivity index (χ0) is 14.1. The lowest BCUT2D eigenvalue weighted by atomic mass is 10.3. The molecule has 0 unspecified atom stereocenters. The van der Waals surface area contributed by atoms with Crippen LogP contribution in [0.15, 0.2) is 51.8 Å². The van der Waals surface area contributed by atoms with Crippen molar-refractivity contribution in [2.45, 2.75) is 0 Å². The van der Waals surface area contributed by atoms with E-state index in [2.05, 4.69) is 22.6 Å². The van der Waals surface area contributed by atoms with Gasteiger partial charge >= 0.3 is 0 Å². The summed E-state index contributed by atoms with van der Waals surface area (Å²) in [6, 6.07) is 13.1. The molecule has 0 atom stereocenters. The second-order valence-electron chi connectivity index (χ2n) is 3.99. The molecule has 0 saturated carbocycles. The molecule has 0 aliphatic carbocycles. The maximum atomic E-state index is 12.4. The number of carbonyl (C=O) groups excluding carboxylic acids is 1. The fraction of sp³-hybridized carbons (Fsp3) is 0. The van der Waals surface area contributed by atoms with Crippen LogP contribution in [0, 0.1) is 3.77 Å². The summed E-state index contributed by atoms with van der Waals surface area (Å²) in [6.45, 7) is 0. The Kier molecular flexibility index (Phi) is 3.95. The summed E-state index contributed by atoms with van der Waals surface area (Å²) in [5.74, 6) is 0.542. The van der Waals surface area contributed by atoms with Crippen molar-refractivity contribution in [2.24, 2.45) is 0 Å². The number of rotatable bonds is 2. The number of amides is 1. The molecule has 3 nitrogen and oxygen atoms in total. The SMILES string of the molecule is O=C1/C(=C/c2ccc(I)o2)SC(=S)N1c1ccccc1. The number of hydrogen-bond donors (Lipinski definition) is 0. The molecule has 0 bridgehead atoms. The van der Waals surface area contributed by atoms with E-state index in [1.807, 2.05) is 42.5 Å². The third-order valence-electron chi connectivity index (χ3n) is 2.68. The highest BCUT2D eigenvalue weighted by Crippen LogP contribution is 2.36. The van der Waals surface area contributed by atoms with Crippen LogP contribution in [-0.2, 0) is 4.79 Å². The first-order valence-corrected chi connectivity index (χ1v) is 8.04. The van der Waals surface area contributed by atoms with Gasteiger partial charge in [-0.05, 0) is 46.9 Å². The van der Waals surface area contributed by atoms with Crippen LogP contribution in [0.4, 0.5) is 5.69 Å². The summed E-state index contributed by atoms with van der Waals surface area (Å²) >= 11 is 8.67. The van der Waals surface area contributed by atoms with E-state index in [4.69, 9.17) is 16.6 Å². The van der Waals surface area contributed by atoms with Gasteiger partial charge in [0.2, 0.25) is 0 Å². The first-order valence-electron chi connectivity index (χ1n) is 5.73. The van der Waals surface area contributed by atoms with E-state index in [1.54, 1.807) is 11.0 Å². The number of halogens is 1. The lowest BCUT2D eigenvalue weighted by molar-refractivity contribution is -0.113. The van der Waals surface area contributed by atoms with E-state index in [0.717, 1.165) is 9.45 Å². The molecule has 20 heavy (non-hydrogen) atoms. The quantitative estimate of drug-likeness (QED) is 0.418. The van der Waals surface area contributed by atoms with Crippen LogP contribution in [0.3, 0.4) is 0 Å². The zero-order valence-corrected chi connectivity index (χ0v) is 13.9. The van der Waals surface area contributed by atoms with Gasteiger partial charge in [0.15, 0.2) is 8.09 Å². The van der Waals surface area contributed by atoms with E-state index in [9.17, 15) is 4.79 Å². The lowest BCUT2D eigenvalue weighted by Crippen LogP contribution is -2.27. The van der Waals surface area contributed by atoms with E-state index < -0.39 is 0 Å². The lowest BCUT2D eigenvalue weighted by Gasteiger charge is -2.13. The molecule has 1 aromatic carbocycles. The van der Waals surface area contributed by atoms with Gasteiger partial charge in [-0.2, -0.15) is 0 Å². The fourth-order valence-corrected chi connectivity index (χ4v) is 3.52. The molecule has 6 heteroatoms. The van der Waals surface area contributed by atoms with Gasteiger partial charge in [0.25, 0.3) is 5.91 Å². The highest BCUT2D eigenvalue weighted by atomic mass is 127. The zero-order valence-electron chi connectivity index (χ0n) is 10.1. The molecular weight excluding hydrogens is 405 g/mol. The summed E-state index contributed by atoms with van der Waals surface area (Å²) in [5.41, 5.74) is 0.785. The molecule has 1 aromatic heterocycles. The Hall–Kier alpha value is -1.12. The molecule has 2 heterocycles. The van der Waals surface area contributed by atoms with Gasteiger partial charge in [-0.3, -0.25) is 9.69 Å². The van der Waals surface area contributed by atoms with Crippen LogP contribution >= 0.6 is 46.6 Å². The first-order chi connectivity index (χ1) is 9.65. The third-order valence-corrected chi connectivity index (χ3v) is 4.56. The van der Waals surface area contributed by atoms with Crippen molar-refractivity contribution in [2.75, 3.05) is 4.90 Å². The van der Waals surface area contributed by atoms with E-state index in [1.165, 1.54) is 11.8 Å². The molecule has 0 spiro atoms. The molecule has 1 amide bonds. The monoisotopic (exact) mass is 413 g/mol.